The summed E-state index contributed by atoms with van der Waals surface area (Å²) in [6.45, 7) is 4.51. The van der Waals surface area contributed by atoms with E-state index in [1.165, 1.54) is 51.4 Å². The lowest BCUT2D eigenvalue weighted by Gasteiger charge is -2.19. The van der Waals surface area contributed by atoms with Crippen LogP contribution in [0, 0.1) is 0 Å². The molecule has 0 aliphatic heterocycles. The normalized spacial score (nSPS) is 11.3. The molecule has 0 saturated carbocycles. The second-order valence-electron chi connectivity index (χ2n) is 10.8. The maximum absolute atomic E-state index is 12.4. The third-order valence-corrected chi connectivity index (χ3v) is 7.20. The molecule has 0 radical (unpaired) electrons. The van der Waals surface area contributed by atoms with Crippen molar-refractivity contribution in [3.05, 3.63) is 6.33 Å². The maximum Gasteiger partial charge on any atom is 0.305 e. The van der Waals surface area contributed by atoms with Crippen molar-refractivity contribution in [2.45, 2.75) is 129 Å². The maximum atomic E-state index is 12.4. The molecule has 238 valence electrons. The number of imidazole rings is 1. The van der Waals surface area contributed by atoms with Gasteiger partial charge in [0, 0.05) is 26.9 Å². The van der Waals surface area contributed by atoms with E-state index in [2.05, 4.69) is 39.4 Å². The van der Waals surface area contributed by atoms with Crippen LogP contribution in [0.25, 0.3) is 11.2 Å². The number of carbonyl (C=O) groups is 2. The Morgan fingerprint density at radius 2 is 1.29 bits per heavy atom. The standard InChI is InChI=1S/C31H54N6O5/c1-5-7-9-11-13-15-17-19-26(38)40-21-25(22-41-27(39)20-18-16-14-12-10-8-6-2)42-24-37-23-34-28-29(32-3)35-31(33-4)36-30(28)37/h23,25H,5-22,24H2,1-4H3,(H2,32,33,35,36). The Kier molecular flexibility index (Phi) is 18.2. The number of hydrogen-bond donors (Lipinski definition) is 2. The first-order valence-electron chi connectivity index (χ1n) is 16.0. The van der Waals surface area contributed by atoms with E-state index >= 15 is 0 Å². The lowest BCUT2D eigenvalue weighted by molar-refractivity contribution is -0.157. The summed E-state index contributed by atoms with van der Waals surface area (Å²) in [6, 6.07) is 0. The highest BCUT2D eigenvalue weighted by Gasteiger charge is 2.18. The summed E-state index contributed by atoms with van der Waals surface area (Å²) in [5.74, 6) is 0.524. The number of anilines is 2. The molecule has 0 saturated heterocycles. The highest BCUT2D eigenvalue weighted by Crippen LogP contribution is 2.20. The first kappa shape index (κ1) is 35.2. The number of carbonyl (C=O) groups excluding carboxylic acids is 2. The first-order valence-corrected chi connectivity index (χ1v) is 16.0. The summed E-state index contributed by atoms with van der Waals surface area (Å²) < 4.78 is 18.9. The van der Waals surface area contributed by atoms with E-state index in [-0.39, 0.29) is 31.9 Å². The number of ether oxygens (including phenoxy) is 3. The molecule has 2 aromatic rings. The Hall–Kier alpha value is -2.95. The Balaban J connectivity index is 1.88. The molecule has 2 heterocycles. The Morgan fingerprint density at radius 1 is 0.762 bits per heavy atom. The van der Waals surface area contributed by atoms with Crippen molar-refractivity contribution < 1.29 is 23.8 Å². The van der Waals surface area contributed by atoms with Crippen LogP contribution in [0.15, 0.2) is 6.33 Å². The fourth-order valence-corrected chi connectivity index (χ4v) is 4.62. The first-order chi connectivity index (χ1) is 20.5. The van der Waals surface area contributed by atoms with Gasteiger partial charge in [0.05, 0.1) is 6.33 Å². The van der Waals surface area contributed by atoms with Crippen molar-refractivity contribution in [2.75, 3.05) is 37.9 Å². The Labute approximate surface area is 251 Å². The number of esters is 2. The van der Waals surface area contributed by atoms with Crippen LogP contribution in [0.5, 0.6) is 0 Å². The lowest BCUT2D eigenvalue weighted by atomic mass is 10.1. The van der Waals surface area contributed by atoms with Crippen molar-refractivity contribution in [2.24, 2.45) is 0 Å². The number of rotatable bonds is 25. The van der Waals surface area contributed by atoms with Gasteiger partial charge in [0.1, 0.15) is 26.0 Å². The molecule has 0 atom stereocenters. The molecular weight excluding hydrogens is 536 g/mol. The third-order valence-electron chi connectivity index (χ3n) is 7.20. The molecule has 2 rings (SSSR count). The summed E-state index contributed by atoms with van der Waals surface area (Å²) in [5.41, 5.74) is 1.20. The van der Waals surface area contributed by atoms with Gasteiger partial charge < -0.3 is 24.8 Å². The molecule has 0 aromatic carbocycles. The van der Waals surface area contributed by atoms with Crippen LogP contribution in [-0.4, -0.2) is 64.9 Å². The lowest BCUT2D eigenvalue weighted by Crippen LogP contribution is -2.29. The SMILES string of the molecule is CCCCCCCCCC(=O)OCC(COC(=O)CCCCCCCCC)OCn1cnc2c(NC)nc(NC)nc21. The van der Waals surface area contributed by atoms with Crippen molar-refractivity contribution in [3.63, 3.8) is 0 Å². The van der Waals surface area contributed by atoms with E-state index < -0.39 is 6.10 Å². The zero-order chi connectivity index (χ0) is 30.4. The highest BCUT2D eigenvalue weighted by molar-refractivity contribution is 5.84. The molecule has 0 fully saturated rings. The zero-order valence-electron chi connectivity index (χ0n) is 26.4. The van der Waals surface area contributed by atoms with E-state index in [1.54, 1.807) is 25.0 Å². The average molecular weight is 591 g/mol. The molecule has 2 N–H and O–H groups in total. The predicted octanol–water partition coefficient (Wildman–Crippen LogP) is 6.62. The monoisotopic (exact) mass is 590 g/mol. The van der Waals surface area contributed by atoms with Crippen LogP contribution >= 0.6 is 0 Å². The van der Waals surface area contributed by atoms with Gasteiger partial charge in [0.15, 0.2) is 17.0 Å². The molecule has 0 bridgehead atoms. The van der Waals surface area contributed by atoms with Crippen molar-refractivity contribution in [3.8, 4) is 0 Å². The largest absolute Gasteiger partial charge is 0.463 e. The summed E-state index contributed by atoms with van der Waals surface area (Å²) in [6.07, 6.45) is 17.6. The van der Waals surface area contributed by atoms with Gasteiger partial charge in [0.25, 0.3) is 0 Å². The van der Waals surface area contributed by atoms with Gasteiger partial charge in [0.2, 0.25) is 5.95 Å². The molecule has 0 aliphatic rings. The molecule has 0 aliphatic carbocycles. The van der Waals surface area contributed by atoms with Gasteiger partial charge in [-0.2, -0.15) is 9.97 Å². The van der Waals surface area contributed by atoms with Crippen LogP contribution in [-0.2, 0) is 30.5 Å². The van der Waals surface area contributed by atoms with E-state index in [1.807, 2.05) is 0 Å². The zero-order valence-corrected chi connectivity index (χ0v) is 26.4. The number of fused-ring (bicyclic) bond motifs is 1. The quantitative estimate of drug-likeness (QED) is 0.0961. The number of aromatic nitrogens is 4. The Morgan fingerprint density at radius 3 is 1.79 bits per heavy atom. The summed E-state index contributed by atoms with van der Waals surface area (Å²) >= 11 is 0. The van der Waals surface area contributed by atoms with E-state index in [0.717, 1.165) is 38.5 Å². The number of hydrogen-bond acceptors (Lipinski definition) is 10. The topological polar surface area (TPSA) is 129 Å². The number of nitrogens with one attached hydrogen (secondary N) is 2. The molecule has 11 heteroatoms. The average Bonchev–Trinajstić information content (AvgIpc) is 3.42. The second kappa shape index (κ2) is 21.7. The number of unbranched alkanes of at least 4 members (excludes halogenated alkanes) is 12. The van der Waals surface area contributed by atoms with E-state index in [9.17, 15) is 9.59 Å². The minimum atomic E-state index is -0.618. The third kappa shape index (κ3) is 13.8. The molecule has 0 spiro atoms. The van der Waals surface area contributed by atoms with Gasteiger partial charge in [-0.1, -0.05) is 90.9 Å². The minimum absolute atomic E-state index is 0.00515. The van der Waals surface area contributed by atoms with Crippen LogP contribution in [0.2, 0.25) is 0 Å². The van der Waals surface area contributed by atoms with Gasteiger partial charge in [-0.25, -0.2) is 4.98 Å². The van der Waals surface area contributed by atoms with E-state index in [0.29, 0.717) is 35.8 Å². The van der Waals surface area contributed by atoms with Crippen LogP contribution in [0.4, 0.5) is 11.8 Å². The summed E-state index contributed by atoms with van der Waals surface area (Å²) in [4.78, 5) is 38.1. The highest BCUT2D eigenvalue weighted by atomic mass is 16.6. The van der Waals surface area contributed by atoms with Crippen molar-refractivity contribution >= 4 is 34.9 Å². The number of nitrogens with zero attached hydrogens (tertiary/aromatic N) is 4. The molecular formula is C31H54N6O5. The van der Waals surface area contributed by atoms with E-state index in [4.69, 9.17) is 14.2 Å². The molecule has 42 heavy (non-hydrogen) atoms. The van der Waals surface area contributed by atoms with Gasteiger partial charge in [-0.15, -0.1) is 0 Å². The Bertz CT molecular complexity index is 997. The smallest absolute Gasteiger partial charge is 0.305 e. The van der Waals surface area contributed by atoms with Gasteiger partial charge in [-0.05, 0) is 12.8 Å². The minimum Gasteiger partial charge on any atom is -0.463 e. The second-order valence-corrected chi connectivity index (χ2v) is 10.8. The molecule has 0 amide bonds. The fourth-order valence-electron chi connectivity index (χ4n) is 4.62. The van der Waals surface area contributed by atoms with Crippen LogP contribution in [0.3, 0.4) is 0 Å². The van der Waals surface area contributed by atoms with Crippen LogP contribution in [0.1, 0.15) is 117 Å². The fraction of sp³-hybridized carbons (Fsp3) is 0.774. The van der Waals surface area contributed by atoms with Crippen molar-refractivity contribution in [1.29, 1.82) is 0 Å². The van der Waals surface area contributed by atoms with Crippen LogP contribution < -0.4 is 10.6 Å². The molecule has 0 unspecified atom stereocenters. The van der Waals surface area contributed by atoms with Crippen molar-refractivity contribution in [1.82, 2.24) is 19.5 Å². The van der Waals surface area contributed by atoms with Gasteiger partial charge in [-0.3, -0.25) is 14.2 Å². The summed E-state index contributed by atoms with van der Waals surface area (Å²) in [5, 5.41) is 5.98. The molecule has 2 aromatic heterocycles. The summed E-state index contributed by atoms with van der Waals surface area (Å²) in [7, 11) is 3.52. The molecule has 11 nitrogen and oxygen atoms in total. The van der Waals surface area contributed by atoms with Gasteiger partial charge >= 0.3 is 11.9 Å². The predicted molar refractivity (Wildman–Crippen MR) is 166 cm³/mol.